The second-order valence-corrected chi connectivity index (χ2v) is 9.14. The van der Waals surface area contributed by atoms with E-state index in [9.17, 15) is 4.79 Å². The van der Waals surface area contributed by atoms with Crippen LogP contribution in [0.15, 0.2) is 18.2 Å². The summed E-state index contributed by atoms with van der Waals surface area (Å²) in [7, 11) is 1.69. The number of thioether (sulfide) groups is 1. The predicted octanol–water partition coefficient (Wildman–Crippen LogP) is 3.77. The molecule has 1 aromatic rings. The van der Waals surface area contributed by atoms with Crippen LogP contribution in [0.25, 0.3) is 0 Å². The van der Waals surface area contributed by atoms with Crippen molar-refractivity contribution in [2.45, 2.75) is 56.2 Å². The summed E-state index contributed by atoms with van der Waals surface area (Å²) in [6.07, 6.45) is 1.38. The van der Waals surface area contributed by atoms with Gasteiger partial charge in [-0.05, 0) is 57.4 Å². The molecular formula is C17H23NO2S. The second-order valence-electron chi connectivity index (χ2n) is 6.88. The Morgan fingerprint density at radius 1 is 1.24 bits per heavy atom. The van der Waals surface area contributed by atoms with Crippen molar-refractivity contribution in [2.75, 3.05) is 7.11 Å². The van der Waals surface area contributed by atoms with Gasteiger partial charge in [-0.2, -0.15) is 0 Å². The van der Waals surface area contributed by atoms with Gasteiger partial charge in [0.25, 0.3) is 0 Å². The quantitative estimate of drug-likeness (QED) is 0.791. The lowest BCUT2D eigenvalue weighted by molar-refractivity contribution is -0.135. The molecule has 0 N–H and O–H groups in total. The topological polar surface area (TPSA) is 29.5 Å². The van der Waals surface area contributed by atoms with Gasteiger partial charge in [-0.1, -0.05) is 6.07 Å². The van der Waals surface area contributed by atoms with E-state index in [1.54, 1.807) is 7.11 Å². The minimum Gasteiger partial charge on any atom is -0.497 e. The molecule has 1 amide bonds. The molecule has 114 valence electrons. The number of aryl methyl sites for hydroxylation is 1. The summed E-state index contributed by atoms with van der Waals surface area (Å²) < 4.78 is 5.36. The molecule has 0 bridgehead atoms. The zero-order chi connectivity index (χ0) is 15.4. The van der Waals surface area contributed by atoms with E-state index in [-0.39, 0.29) is 21.6 Å². The summed E-state index contributed by atoms with van der Waals surface area (Å²) in [4.78, 5) is 14.7. The molecule has 3 nitrogen and oxygen atoms in total. The highest BCUT2D eigenvalue weighted by Crippen LogP contribution is 2.59. The van der Waals surface area contributed by atoms with Gasteiger partial charge in [-0.25, -0.2) is 0 Å². The Labute approximate surface area is 131 Å². The number of carbonyl (C=O) groups is 1. The molecule has 1 fully saturated rings. The maximum atomic E-state index is 12.7. The zero-order valence-electron chi connectivity index (χ0n) is 13.4. The molecule has 0 spiro atoms. The highest BCUT2D eigenvalue weighted by molar-refractivity contribution is 8.02. The first-order valence-corrected chi connectivity index (χ1v) is 8.27. The number of carbonyl (C=O) groups excluding carboxylic acids is 1. The number of rotatable bonds is 1. The van der Waals surface area contributed by atoms with Crippen molar-refractivity contribution >= 4 is 17.7 Å². The van der Waals surface area contributed by atoms with Gasteiger partial charge in [0, 0.05) is 11.2 Å². The van der Waals surface area contributed by atoms with E-state index in [2.05, 4.69) is 44.7 Å². The van der Waals surface area contributed by atoms with Crippen molar-refractivity contribution in [3.8, 4) is 5.75 Å². The van der Waals surface area contributed by atoms with Gasteiger partial charge >= 0.3 is 0 Å². The lowest BCUT2D eigenvalue weighted by Gasteiger charge is -2.35. The van der Waals surface area contributed by atoms with E-state index in [0.29, 0.717) is 6.42 Å². The van der Waals surface area contributed by atoms with Crippen LogP contribution in [0.4, 0.5) is 0 Å². The van der Waals surface area contributed by atoms with Crippen molar-refractivity contribution in [3.63, 3.8) is 0 Å². The van der Waals surface area contributed by atoms with E-state index in [1.165, 1.54) is 11.1 Å². The van der Waals surface area contributed by atoms with Crippen LogP contribution in [0, 0.1) is 0 Å². The normalized spacial score (nSPS) is 26.0. The number of amides is 1. The largest absolute Gasteiger partial charge is 0.497 e. The van der Waals surface area contributed by atoms with Crippen molar-refractivity contribution < 1.29 is 9.53 Å². The Morgan fingerprint density at radius 2 is 1.95 bits per heavy atom. The van der Waals surface area contributed by atoms with Crippen LogP contribution < -0.4 is 4.74 Å². The van der Waals surface area contributed by atoms with Crippen LogP contribution in [0.2, 0.25) is 0 Å². The molecule has 2 heterocycles. The van der Waals surface area contributed by atoms with E-state index in [0.717, 1.165) is 12.2 Å². The molecule has 1 atom stereocenters. The summed E-state index contributed by atoms with van der Waals surface area (Å²) in [5, 5.41) is 0. The first kappa shape index (κ1) is 14.8. The monoisotopic (exact) mass is 305 g/mol. The zero-order valence-corrected chi connectivity index (χ0v) is 14.2. The molecule has 1 saturated heterocycles. The SMILES string of the molecule is COc1ccc2c(c1)CCC(=O)N1[C@H]2C(C)(C)SC1(C)C. The van der Waals surface area contributed by atoms with Gasteiger partial charge in [-0.15, -0.1) is 11.8 Å². The smallest absolute Gasteiger partial charge is 0.224 e. The first-order chi connectivity index (χ1) is 9.76. The second kappa shape index (κ2) is 4.67. The third-order valence-electron chi connectivity index (χ3n) is 4.53. The number of benzene rings is 1. The highest BCUT2D eigenvalue weighted by Gasteiger charge is 2.55. The lowest BCUT2D eigenvalue weighted by atomic mass is 9.90. The Kier molecular flexibility index (Phi) is 3.28. The minimum atomic E-state index is -0.160. The number of hydrogen-bond donors (Lipinski definition) is 0. The van der Waals surface area contributed by atoms with Crippen molar-refractivity contribution in [1.82, 2.24) is 4.90 Å². The minimum absolute atomic E-state index is 0.00678. The van der Waals surface area contributed by atoms with E-state index >= 15 is 0 Å². The average molecular weight is 305 g/mol. The van der Waals surface area contributed by atoms with E-state index in [4.69, 9.17) is 4.74 Å². The Hall–Kier alpha value is -1.16. The number of nitrogens with zero attached hydrogens (tertiary/aromatic N) is 1. The van der Waals surface area contributed by atoms with Gasteiger partial charge in [0.1, 0.15) is 5.75 Å². The first-order valence-electron chi connectivity index (χ1n) is 7.45. The summed E-state index contributed by atoms with van der Waals surface area (Å²) in [5.41, 5.74) is 2.53. The summed E-state index contributed by atoms with van der Waals surface area (Å²) in [6, 6.07) is 6.39. The fraction of sp³-hybridized carbons (Fsp3) is 0.588. The Morgan fingerprint density at radius 3 is 2.62 bits per heavy atom. The van der Waals surface area contributed by atoms with Gasteiger partial charge in [0.2, 0.25) is 5.91 Å². The highest BCUT2D eigenvalue weighted by atomic mass is 32.2. The molecule has 21 heavy (non-hydrogen) atoms. The van der Waals surface area contributed by atoms with Gasteiger partial charge in [0.15, 0.2) is 0 Å². The van der Waals surface area contributed by atoms with Crippen molar-refractivity contribution in [3.05, 3.63) is 29.3 Å². The summed E-state index contributed by atoms with van der Waals surface area (Å²) in [5.74, 6) is 1.13. The number of methoxy groups -OCH3 is 1. The Bertz CT molecular complexity index is 594. The maximum Gasteiger partial charge on any atom is 0.224 e. The van der Waals surface area contributed by atoms with Crippen LogP contribution in [0.5, 0.6) is 5.75 Å². The predicted molar refractivity (Wildman–Crippen MR) is 86.7 cm³/mol. The van der Waals surface area contributed by atoms with Gasteiger partial charge in [0.05, 0.1) is 18.0 Å². The van der Waals surface area contributed by atoms with Crippen molar-refractivity contribution in [2.24, 2.45) is 0 Å². The van der Waals surface area contributed by atoms with Crippen LogP contribution in [0.1, 0.15) is 51.3 Å². The van der Waals surface area contributed by atoms with Crippen molar-refractivity contribution in [1.29, 1.82) is 0 Å². The van der Waals surface area contributed by atoms with Crippen LogP contribution in [-0.2, 0) is 11.2 Å². The lowest BCUT2D eigenvalue weighted by Crippen LogP contribution is -2.43. The molecule has 4 heteroatoms. The molecule has 2 aliphatic heterocycles. The molecule has 3 rings (SSSR count). The number of fused-ring (bicyclic) bond motifs is 3. The van der Waals surface area contributed by atoms with Gasteiger partial charge < -0.3 is 9.64 Å². The number of ether oxygens (including phenoxy) is 1. The third kappa shape index (κ3) is 2.24. The molecule has 0 unspecified atom stereocenters. The molecular weight excluding hydrogens is 282 g/mol. The molecule has 2 aliphatic rings. The van der Waals surface area contributed by atoms with Gasteiger partial charge in [-0.3, -0.25) is 4.79 Å². The molecule has 0 aliphatic carbocycles. The number of hydrogen-bond acceptors (Lipinski definition) is 3. The third-order valence-corrected chi connectivity index (χ3v) is 5.98. The van der Waals surface area contributed by atoms with E-state index in [1.807, 2.05) is 17.8 Å². The maximum absolute atomic E-state index is 12.7. The fourth-order valence-electron chi connectivity index (χ4n) is 3.88. The summed E-state index contributed by atoms with van der Waals surface area (Å²) in [6.45, 7) is 8.81. The van der Waals surface area contributed by atoms with Crippen LogP contribution in [-0.4, -0.2) is 27.5 Å². The average Bonchev–Trinajstić information content (AvgIpc) is 2.51. The Balaban J connectivity index is 2.17. The molecule has 0 saturated carbocycles. The summed E-state index contributed by atoms with van der Waals surface area (Å²) >= 11 is 1.89. The molecule has 1 aromatic carbocycles. The molecule has 0 aromatic heterocycles. The standard InChI is InChI=1S/C17H23NO2S/c1-16(2)15-13-8-7-12(20-5)10-11(13)6-9-14(19)18(15)17(3,4)21-16/h7-8,10,15H,6,9H2,1-5H3/t15-/m1/s1. The molecule has 0 radical (unpaired) electrons. The van der Waals surface area contributed by atoms with E-state index < -0.39 is 0 Å². The fourth-order valence-corrected chi connectivity index (χ4v) is 5.82. The van der Waals surface area contributed by atoms with Crippen LogP contribution >= 0.6 is 11.8 Å². The van der Waals surface area contributed by atoms with Crippen LogP contribution in [0.3, 0.4) is 0 Å².